The van der Waals surface area contributed by atoms with Gasteiger partial charge in [0.15, 0.2) is 0 Å². The van der Waals surface area contributed by atoms with Crippen molar-refractivity contribution in [3.63, 3.8) is 0 Å². The Hall–Kier alpha value is -1.47. The number of hydrogen-bond acceptors (Lipinski definition) is 4. The van der Waals surface area contributed by atoms with Crippen LogP contribution in [0.5, 0.6) is 0 Å². The standard InChI is InChI=1S/C16H22N2O4S/c1-15(2)6-11-7-16(3,9-15)10-18(11)23(21,22)13-8-17-5-4-12(13)14(19)20/h4-5,8,11H,6-7,9-10H2,1-3H3,(H,19,20). The van der Waals surface area contributed by atoms with Gasteiger partial charge < -0.3 is 5.11 Å². The minimum absolute atomic E-state index is 0.0505. The van der Waals surface area contributed by atoms with E-state index in [1.165, 1.54) is 16.6 Å². The fourth-order valence-electron chi connectivity index (χ4n) is 4.58. The highest BCUT2D eigenvalue weighted by molar-refractivity contribution is 7.89. The second kappa shape index (κ2) is 5.01. The maximum Gasteiger partial charge on any atom is 0.337 e. The first kappa shape index (κ1) is 16.4. The number of nitrogens with zero attached hydrogens (tertiary/aromatic N) is 2. The van der Waals surface area contributed by atoms with E-state index in [-0.39, 0.29) is 27.3 Å². The molecule has 2 atom stereocenters. The molecule has 2 heterocycles. The van der Waals surface area contributed by atoms with Gasteiger partial charge in [-0.2, -0.15) is 4.31 Å². The number of aromatic nitrogens is 1. The molecule has 1 N–H and O–H groups in total. The fourth-order valence-corrected chi connectivity index (χ4v) is 6.48. The van der Waals surface area contributed by atoms with Crippen molar-refractivity contribution < 1.29 is 18.3 Å². The van der Waals surface area contributed by atoms with E-state index in [4.69, 9.17) is 0 Å². The molecule has 2 aliphatic rings. The van der Waals surface area contributed by atoms with Crippen LogP contribution in [0, 0.1) is 10.8 Å². The molecule has 2 fully saturated rings. The summed E-state index contributed by atoms with van der Waals surface area (Å²) in [6.45, 7) is 6.90. The predicted molar refractivity (Wildman–Crippen MR) is 84.6 cm³/mol. The number of sulfonamides is 1. The quantitative estimate of drug-likeness (QED) is 0.914. The average Bonchev–Trinajstić information content (AvgIpc) is 2.68. The van der Waals surface area contributed by atoms with E-state index < -0.39 is 16.0 Å². The third-order valence-electron chi connectivity index (χ3n) is 4.97. The van der Waals surface area contributed by atoms with Crippen molar-refractivity contribution in [2.45, 2.75) is 51.0 Å². The van der Waals surface area contributed by atoms with Gasteiger partial charge in [-0.25, -0.2) is 13.2 Å². The molecule has 2 unspecified atom stereocenters. The van der Waals surface area contributed by atoms with Gasteiger partial charge in [0.05, 0.1) is 5.56 Å². The molecule has 23 heavy (non-hydrogen) atoms. The van der Waals surface area contributed by atoms with Crippen LogP contribution in [-0.4, -0.2) is 41.4 Å². The van der Waals surface area contributed by atoms with Crippen LogP contribution in [0.3, 0.4) is 0 Å². The van der Waals surface area contributed by atoms with E-state index in [9.17, 15) is 18.3 Å². The van der Waals surface area contributed by atoms with Gasteiger partial charge in [0.2, 0.25) is 10.0 Å². The van der Waals surface area contributed by atoms with Crippen LogP contribution in [0.4, 0.5) is 0 Å². The lowest BCUT2D eigenvalue weighted by molar-refractivity contribution is 0.0692. The molecule has 0 amide bonds. The van der Waals surface area contributed by atoms with Crippen molar-refractivity contribution in [2.75, 3.05) is 6.54 Å². The van der Waals surface area contributed by atoms with E-state index in [1.807, 2.05) is 0 Å². The molecule has 1 saturated carbocycles. The molecule has 126 valence electrons. The Bertz CT molecular complexity index is 759. The van der Waals surface area contributed by atoms with Crippen molar-refractivity contribution in [1.29, 1.82) is 0 Å². The van der Waals surface area contributed by atoms with Gasteiger partial charge in [-0.1, -0.05) is 20.8 Å². The fraction of sp³-hybridized carbons (Fsp3) is 0.625. The third-order valence-corrected chi connectivity index (χ3v) is 6.89. The summed E-state index contributed by atoms with van der Waals surface area (Å²) in [7, 11) is -3.87. The summed E-state index contributed by atoms with van der Waals surface area (Å²) >= 11 is 0. The molecule has 1 aliphatic carbocycles. The van der Waals surface area contributed by atoms with Crippen molar-refractivity contribution in [2.24, 2.45) is 10.8 Å². The Morgan fingerprint density at radius 3 is 2.70 bits per heavy atom. The van der Waals surface area contributed by atoms with Crippen LogP contribution in [0.15, 0.2) is 23.4 Å². The molecule has 6 nitrogen and oxygen atoms in total. The molecule has 0 spiro atoms. The number of rotatable bonds is 3. The van der Waals surface area contributed by atoms with Crippen LogP contribution in [0.2, 0.25) is 0 Å². The lowest BCUT2D eigenvalue weighted by Crippen LogP contribution is -2.38. The molecule has 1 saturated heterocycles. The SMILES string of the molecule is CC1(C)CC2CC(C)(CN2S(=O)(=O)c2cnccc2C(=O)O)C1. The zero-order valence-corrected chi connectivity index (χ0v) is 14.4. The number of pyridine rings is 1. The Kier molecular flexibility index (Phi) is 3.57. The normalized spacial score (nSPS) is 30.3. The molecule has 1 aromatic rings. The highest BCUT2D eigenvalue weighted by atomic mass is 32.2. The number of aromatic carboxylic acids is 1. The van der Waals surface area contributed by atoms with Gasteiger partial charge in [-0.15, -0.1) is 0 Å². The highest BCUT2D eigenvalue weighted by Gasteiger charge is 2.53. The van der Waals surface area contributed by atoms with Crippen molar-refractivity contribution in [3.8, 4) is 0 Å². The van der Waals surface area contributed by atoms with Crippen LogP contribution in [-0.2, 0) is 10.0 Å². The lowest BCUT2D eigenvalue weighted by atomic mass is 9.65. The number of carbonyl (C=O) groups is 1. The van der Waals surface area contributed by atoms with E-state index in [1.54, 1.807) is 0 Å². The van der Waals surface area contributed by atoms with Crippen LogP contribution < -0.4 is 0 Å². The molecule has 2 bridgehead atoms. The van der Waals surface area contributed by atoms with Crippen molar-refractivity contribution in [1.82, 2.24) is 9.29 Å². The van der Waals surface area contributed by atoms with Gasteiger partial charge in [0, 0.05) is 25.0 Å². The number of carboxylic acids is 1. The molecule has 0 radical (unpaired) electrons. The second-order valence-corrected chi connectivity index (χ2v) is 9.80. The molecule has 1 aromatic heterocycles. The molecule has 7 heteroatoms. The van der Waals surface area contributed by atoms with Crippen LogP contribution in [0.1, 0.15) is 50.4 Å². The Morgan fingerprint density at radius 1 is 1.35 bits per heavy atom. The van der Waals surface area contributed by atoms with Gasteiger partial charge in [-0.05, 0) is 36.2 Å². The average molecular weight is 338 g/mol. The molecule has 3 rings (SSSR count). The van der Waals surface area contributed by atoms with Gasteiger partial charge >= 0.3 is 5.97 Å². The van der Waals surface area contributed by atoms with E-state index in [2.05, 4.69) is 25.8 Å². The molecule has 0 aromatic carbocycles. The zero-order valence-electron chi connectivity index (χ0n) is 13.6. The lowest BCUT2D eigenvalue weighted by Gasteiger charge is -2.39. The summed E-state index contributed by atoms with van der Waals surface area (Å²) in [6.07, 6.45) is 5.05. The summed E-state index contributed by atoms with van der Waals surface area (Å²) in [5, 5.41) is 9.28. The maximum absolute atomic E-state index is 13.1. The van der Waals surface area contributed by atoms with Gasteiger partial charge in [0.25, 0.3) is 0 Å². The minimum atomic E-state index is -3.87. The number of fused-ring (bicyclic) bond motifs is 2. The monoisotopic (exact) mass is 338 g/mol. The first-order valence-electron chi connectivity index (χ1n) is 7.73. The second-order valence-electron chi connectivity index (χ2n) is 7.94. The highest BCUT2D eigenvalue weighted by Crippen LogP contribution is 2.53. The Labute approximate surface area is 136 Å². The summed E-state index contributed by atoms with van der Waals surface area (Å²) in [6, 6.07) is 1.17. The third kappa shape index (κ3) is 2.76. The largest absolute Gasteiger partial charge is 0.478 e. The number of hydrogen-bond donors (Lipinski definition) is 1. The zero-order chi connectivity index (χ0) is 17.0. The van der Waals surface area contributed by atoms with Gasteiger partial charge in [-0.3, -0.25) is 4.98 Å². The molecular formula is C16H22N2O4S. The summed E-state index contributed by atoms with van der Waals surface area (Å²) in [5.74, 6) is -1.25. The van der Waals surface area contributed by atoms with E-state index >= 15 is 0 Å². The molecular weight excluding hydrogens is 316 g/mol. The smallest absolute Gasteiger partial charge is 0.337 e. The number of carboxylic acid groups (broad SMARTS) is 1. The van der Waals surface area contributed by atoms with Crippen molar-refractivity contribution >= 4 is 16.0 Å². The van der Waals surface area contributed by atoms with Crippen molar-refractivity contribution in [3.05, 3.63) is 24.0 Å². The first-order valence-corrected chi connectivity index (χ1v) is 9.17. The maximum atomic E-state index is 13.1. The van der Waals surface area contributed by atoms with E-state index in [0.29, 0.717) is 6.54 Å². The minimum Gasteiger partial charge on any atom is -0.478 e. The van der Waals surface area contributed by atoms with Crippen LogP contribution in [0.25, 0.3) is 0 Å². The Morgan fingerprint density at radius 2 is 2.04 bits per heavy atom. The summed E-state index contributed by atoms with van der Waals surface area (Å²) < 4.78 is 27.7. The summed E-state index contributed by atoms with van der Waals surface area (Å²) in [5.41, 5.74) is -0.178. The van der Waals surface area contributed by atoms with Gasteiger partial charge in [0.1, 0.15) is 4.90 Å². The topological polar surface area (TPSA) is 87.6 Å². The Balaban J connectivity index is 2.04. The van der Waals surface area contributed by atoms with Crippen LogP contribution >= 0.6 is 0 Å². The molecule has 1 aliphatic heterocycles. The predicted octanol–water partition coefficient (Wildman–Crippen LogP) is 2.37. The first-order chi connectivity index (χ1) is 10.5. The van der Waals surface area contributed by atoms with E-state index in [0.717, 1.165) is 25.5 Å². The summed E-state index contributed by atoms with van der Waals surface area (Å²) in [4.78, 5) is 15.0.